The summed E-state index contributed by atoms with van der Waals surface area (Å²) in [5.41, 5.74) is 3.51. The number of nitrogens with zero attached hydrogens (tertiary/aromatic N) is 1. The van der Waals surface area contributed by atoms with Crippen LogP contribution in [-0.4, -0.2) is 22.7 Å². The smallest absolute Gasteiger partial charge is 0.371 e. The standard InChI is InChI=1S/C22H20ClNO4S/c1-3-27-20(22(25)26)11-16-6-9-19(10-14(16)2)28-12-18-13-29-21(24-18)15-4-7-17(23)8-5-15/h4-11,13H,3,12H2,1-2H3,(H,25,26)/b20-11-. The Bertz CT molecular complexity index is 1030. The number of aliphatic carboxylic acids is 1. The lowest BCUT2D eigenvalue weighted by Gasteiger charge is -2.09. The van der Waals surface area contributed by atoms with Crippen LogP contribution in [0.5, 0.6) is 5.75 Å². The average Bonchev–Trinajstić information content (AvgIpc) is 3.17. The van der Waals surface area contributed by atoms with Crippen LogP contribution in [0, 0.1) is 6.92 Å². The van der Waals surface area contributed by atoms with E-state index in [0.717, 1.165) is 27.4 Å². The molecule has 29 heavy (non-hydrogen) atoms. The van der Waals surface area contributed by atoms with E-state index < -0.39 is 5.97 Å². The van der Waals surface area contributed by atoms with Crippen molar-refractivity contribution in [3.63, 3.8) is 0 Å². The van der Waals surface area contributed by atoms with Crippen LogP contribution in [0.25, 0.3) is 16.6 Å². The molecule has 0 saturated carbocycles. The van der Waals surface area contributed by atoms with E-state index in [1.807, 2.05) is 48.7 Å². The van der Waals surface area contributed by atoms with Crippen LogP contribution in [0.1, 0.15) is 23.7 Å². The van der Waals surface area contributed by atoms with Crippen molar-refractivity contribution in [2.45, 2.75) is 20.5 Å². The van der Waals surface area contributed by atoms with Crippen molar-refractivity contribution in [1.82, 2.24) is 4.98 Å². The highest BCUT2D eigenvalue weighted by Gasteiger charge is 2.10. The van der Waals surface area contributed by atoms with Crippen LogP contribution in [-0.2, 0) is 16.1 Å². The second-order valence-corrected chi connectivity index (χ2v) is 7.50. The summed E-state index contributed by atoms with van der Waals surface area (Å²) in [4.78, 5) is 15.8. The summed E-state index contributed by atoms with van der Waals surface area (Å²) in [6.45, 7) is 4.28. The largest absolute Gasteiger partial charge is 0.487 e. The summed E-state index contributed by atoms with van der Waals surface area (Å²) in [6, 6.07) is 13.0. The topological polar surface area (TPSA) is 68.7 Å². The fourth-order valence-corrected chi connectivity index (χ4v) is 3.55. The fourth-order valence-electron chi connectivity index (χ4n) is 2.62. The number of aryl methyl sites for hydroxylation is 1. The number of rotatable bonds is 8. The number of halogens is 1. The van der Waals surface area contributed by atoms with Gasteiger partial charge in [0.05, 0.1) is 12.3 Å². The third kappa shape index (κ3) is 5.59. The number of aromatic nitrogens is 1. The van der Waals surface area contributed by atoms with Gasteiger partial charge in [0, 0.05) is 16.0 Å². The minimum absolute atomic E-state index is 0.0820. The molecule has 150 valence electrons. The van der Waals surface area contributed by atoms with Crippen LogP contribution in [0.15, 0.2) is 53.6 Å². The number of carboxylic acids is 1. The Hall–Kier alpha value is -2.83. The predicted molar refractivity (Wildman–Crippen MR) is 115 cm³/mol. The van der Waals surface area contributed by atoms with E-state index in [0.29, 0.717) is 24.0 Å². The fraction of sp³-hybridized carbons (Fsp3) is 0.182. The molecule has 2 aromatic carbocycles. The molecule has 0 fully saturated rings. The van der Waals surface area contributed by atoms with Crippen molar-refractivity contribution >= 4 is 35.0 Å². The first kappa shape index (κ1) is 20.9. The molecule has 0 spiro atoms. The zero-order valence-electron chi connectivity index (χ0n) is 16.0. The molecule has 0 saturated heterocycles. The first-order chi connectivity index (χ1) is 14.0. The van der Waals surface area contributed by atoms with E-state index in [1.165, 1.54) is 6.08 Å². The van der Waals surface area contributed by atoms with Gasteiger partial charge in [0.1, 0.15) is 17.4 Å². The van der Waals surface area contributed by atoms with Crippen molar-refractivity contribution in [3.05, 3.63) is 75.4 Å². The zero-order valence-corrected chi connectivity index (χ0v) is 17.6. The van der Waals surface area contributed by atoms with Crippen molar-refractivity contribution in [2.24, 2.45) is 0 Å². The van der Waals surface area contributed by atoms with Gasteiger partial charge in [0.2, 0.25) is 5.76 Å². The quantitative estimate of drug-likeness (QED) is 0.361. The third-order valence-electron chi connectivity index (χ3n) is 4.07. The van der Waals surface area contributed by atoms with Gasteiger partial charge in [-0.15, -0.1) is 11.3 Å². The van der Waals surface area contributed by atoms with Crippen molar-refractivity contribution < 1.29 is 19.4 Å². The minimum Gasteiger partial charge on any atom is -0.487 e. The second kappa shape index (κ2) is 9.58. The van der Waals surface area contributed by atoms with Crippen LogP contribution in [0.2, 0.25) is 5.02 Å². The highest BCUT2D eigenvalue weighted by Crippen LogP contribution is 2.26. The molecule has 0 amide bonds. The molecule has 0 aliphatic carbocycles. The molecule has 1 aromatic heterocycles. The van der Waals surface area contributed by atoms with Gasteiger partial charge < -0.3 is 14.6 Å². The van der Waals surface area contributed by atoms with E-state index in [4.69, 9.17) is 21.1 Å². The Morgan fingerprint density at radius 1 is 1.24 bits per heavy atom. The summed E-state index contributed by atoms with van der Waals surface area (Å²) in [7, 11) is 0. The molecule has 0 aliphatic heterocycles. The summed E-state index contributed by atoms with van der Waals surface area (Å²) in [5.74, 6) is -0.484. The molecule has 7 heteroatoms. The van der Waals surface area contributed by atoms with Crippen LogP contribution in [0.4, 0.5) is 0 Å². The normalized spacial score (nSPS) is 11.3. The zero-order chi connectivity index (χ0) is 20.8. The molecule has 5 nitrogen and oxygen atoms in total. The highest BCUT2D eigenvalue weighted by molar-refractivity contribution is 7.13. The minimum atomic E-state index is -1.09. The molecule has 1 heterocycles. The maximum absolute atomic E-state index is 11.2. The van der Waals surface area contributed by atoms with E-state index in [-0.39, 0.29) is 5.76 Å². The molecule has 0 radical (unpaired) electrons. The van der Waals surface area contributed by atoms with Crippen LogP contribution >= 0.6 is 22.9 Å². The van der Waals surface area contributed by atoms with Crippen LogP contribution < -0.4 is 4.74 Å². The van der Waals surface area contributed by atoms with Crippen molar-refractivity contribution in [3.8, 4) is 16.3 Å². The lowest BCUT2D eigenvalue weighted by Crippen LogP contribution is -2.04. The van der Waals surface area contributed by atoms with Gasteiger partial charge in [0.15, 0.2) is 0 Å². The molecule has 3 aromatic rings. The van der Waals surface area contributed by atoms with E-state index in [1.54, 1.807) is 24.3 Å². The Labute approximate surface area is 178 Å². The monoisotopic (exact) mass is 429 g/mol. The van der Waals surface area contributed by atoms with Gasteiger partial charge in [0.25, 0.3) is 0 Å². The number of hydrogen-bond acceptors (Lipinski definition) is 5. The molecule has 1 N–H and O–H groups in total. The van der Waals surface area contributed by atoms with E-state index in [9.17, 15) is 9.90 Å². The SMILES string of the molecule is CCO/C(=C\c1ccc(OCc2csc(-c3ccc(Cl)cc3)n2)cc1C)C(=O)O. The second-order valence-electron chi connectivity index (χ2n) is 6.20. The average molecular weight is 430 g/mol. The maximum Gasteiger partial charge on any atom is 0.371 e. The van der Waals surface area contributed by atoms with Gasteiger partial charge in [-0.05, 0) is 55.3 Å². The molecule has 0 unspecified atom stereocenters. The van der Waals surface area contributed by atoms with Crippen molar-refractivity contribution in [2.75, 3.05) is 6.61 Å². The maximum atomic E-state index is 11.2. The molecule has 0 aliphatic rings. The number of ether oxygens (including phenoxy) is 2. The Balaban J connectivity index is 1.67. The summed E-state index contributed by atoms with van der Waals surface area (Å²) in [5, 5.41) is 12.8. The Morgan fingerprint density at radius 2 is 2.00 bits per heavy atom. The molecule has 0 bridgehead atoms. The van der Waals surface area contributed by atoms with Gasteiger partial charge in [-0.25, -0.2) is 9.78 Å². The van der Waals surface area contributed by atoms with Gasteiger partial charge in [-0.3, -0.25) is 0 Å². The van der Waals surface area contributed by atoms with E-state index in [2.05, 4.69) is 4.98 Å². The van der Waals surface area contributed by atoms with Crippen LogP contribution in [0.3, 0.4) is 0 Å². The highest BCUT2D eigenvalue weighted by atomic mass is 35.5. The number of carboxylic acid groups (broad SMARTS) is 1. The molecule has 0 atom stereocenters. The lowest BCUT2D eigenvalue weighted by atomic mass is 10.1. The first-order valence-electron chi connectivity index (χ1n) is 8.98. The Kier molecular flexibility index (Phi) is 6.90. The first-order valence-corrected chi connectivity index (χ1v) is 10.2. The molecular weight excluding hydrogens is 410 g/mol. The molecular formula is C22H20ClNO4S. The van der Waals surface area contributed by atoms with Gasteiger partial charge in [-0.1, -0.05) is 29.8 Å². The summed E-state index contributed by atoms with van der Waals surface area (Å²) in [6.07, 6.45) is 1.52. The van der Waals surface area contributed by atoms with Crippen molar-refractivity contribution in [1.29, 1.82) is 0 Å². The number of thiazole rings is 1. The number of benzene rings is 2. The summed E-state index contributed by atoms with van der Waals surface area (Å²) >= 11 is 7.48. The lowest BCUT2D eigenvalue weighted by molar-refractivity contribution is -0.136. The molecule has 3 rings (SSSR count). The van der Waals surface area contributed by atoms with E-state index >= 15 is 0 Å². The third-order valence-corrected chi connectivity index (χ3v) is 5.26. The Morgan fingerprint density at radius 3 is 2.66 bits per heavy atom. The van der Waals surface area contributed by atoms with Gasteiger partial charge in [-0.2, -0.15) is 0 Å². The number of carbonyl (C=O) groups is 1. The summed E-state index contributed by atoms with van der Waals surface area (Å²) < 4.78 is 11.0. The van der Waals surface area contributed by atoms with Gasteiger partial charge >= 0.3 is 5.97 Å². The number of hydrogen-bond donors (Lipinski definition) is 1. The predicted octanol–water partition coefficient (Wildman–Crippen LogP) is 5.81.